The molecule has 28 heavy (non-hydrogen) atoms. The van der Waals surface area contributed by atoms with Gasteiger partial charge in [0.25, 0.3) is 5.91 Å². The first-order chi connectivity index (χ1) is 13.1. The Hall–Kier alpha value is -2.46. The van der Waals surface area contributed by atoms with Gasteiger partial charge in [0.2, 0.25) is 11.8 Å². The van der Waals surface area contributed by atoms with Gasteiger partial charge in [-0.15, -0.1) is 0 Å². The predicted molar refractivity (Wildman–Crippen MR) is 92.9 cm³/mol. The monoisotopic (exact) mass is 398 g/mol. The van der Waals surface area contributed by atoms with Crippen molar-refractivity contribution in [1.82, 2.24) is 15.1 Å². The first kappa shape index (κ1) is 20.3. The summed E-state index contributed by atoms with van der Waals surface area (Å²) in [7, 11) is 1.33. The highest BCUT2D eigenvalue weighted by molar-refractivity contribution is 6.05. The second-order valence-electron chi connectivity index (χ2n) is 7.10. The van der Waals surface area contributed by atoms with E-state index >= 15 is 0 Å². The van der Waals surface area contributed by atoms with E-state index in [9.17, 15) is 27.6 Å². The van der Waals surface area contributed by atoms with Gasteiger partial charge in [-0.2, -0.15) is 13.2 Å². The van der Waals surface area contributed by atoms with Gasteiger partial charge in [0.1, 0.15) is 12.1 Å². The van der Waals surface area contributed by atoms with E-state index in [1.54, 1.807) is 18.2 Å². The minimum absolute atomic E-state index is 0.0274. The third-order valence-electron chi connectivity index (χ3n) is 5.16. The Labute approximate surface area is 159 Å². The number of carbonyl (C=O) groups excluding carboxylic acids is 3. The fraction of sp³-hybridized carbons (Fsp3) is 0.500. The van der Waals surface area contributed by atoms with Crippen LogP contribution in [-0.4, -0.2) is 59.4 Å². The van der Waals surface area contributed by atoms with Crippen LogP contribution in [0.25, 0.3) is 0 Å². The van der Waals surface area contributed by atoms with E-state index in [0.717, 1.165) is 4.90 Å². The Morgan fingerprint density at radius 3 is 2.64 bits per heavy atom. The Bertz CT molecular complexity index is 812. The van der Waals surface area contributed by atoms with Crippen LogP contribution in [0.1, 0.15) is 34.3 Å². The number of piperidine rings is 1. The molecule has 3 rings (SSSR count). The number of carbonyl (C=O) groups is 3. The number of likely N-dealkylation sites (N-methyl/N-ethyl adjacent to an activating group) is 1. The van der Waals surface area contributed by atoms with E-state index in [0.29, 0.717) is 16.7 Å². The summed E-state index contributed by atoms with van der Waals surface area (Å²) in [5.74, 6) is -1.23. The molecular weight excluding hydrogens is 377 g/mol. The molecule has 0 bridgehead atoms. The normalized spacial score (nSPS) is 21.1. The number of nitrogens with zero attached hydrogens (tertiary/aromatic N) is 2. The summed E-state index contributed by atoms with van der Waals surface area (Å²) in [6.45, 7) is -0.363. The molecule has 0 saturated carbocycles. The Balaban J connectivity index is 1.75. The van der Waals surface area contributed by atoms with E-state index in [1.807, 2.05) is 0 Å². The van der Waals surface area contributed by atoms with E-state index in [4.69, 9.17) is 5.73 Å². The van der Waals surface area contributed by atoms with Crippen LogP contribution in [0.15, 0.2) is 18.2 Å². The van der Waals surface area contributed by atoms with Crippen molar-refractivity contribution in [3.8, 4) is 0 Å². The molecule has 1 aromatic rings. The lowest BCUT2D eigenvalue weighted by Crippen LogP contribution is -2.52. The van der Waals surface area contributed by atoms with Crippen LogP contribution in [0.4, 0.5) is 13.2 Å². The Kier molecular flexibility index (Phi) is 5.44. The molecule has 2 aliphatic heterocycles. The van der Waals surface area contributed by atoms with Crippen LogP contribution in [-0.2, 0) is 22.7 Å². The van der Waals surface area contributed by atoms with Crippen LogP contribution in [0.3, 0.4) is 0 Å². The van der Waals surface area contributed by atoms with Crippen molar-refractivity contribution < 1.29 is 27.6 Å². The molecule has 2 heterocycles. The number of hydrogen-bond donors (Lipinski definition) is 2. The standard InChI is InChI=1S/C18H21F3N4O3/c1-24(14(7-22)18(19,20)21)8-10-2-3-11-9-25(17(28)12(11)6-10)13-4-5-15(26)23-16(13)27/h2-3,6,13-14H,4-5,7-9,22H2,1H3,(H,23,26,27). The zero-order chi connectivity index (χ0) is 20.6. The van der Waals surface area contributed by atoms with Crippen molar-refractivity contribution in [2.45, 2.75) is 44.2 Å². The summed E-state index contributed by atoms with van der Waals surface area (Å²) >= 11 is 0. The maximum absolute atomic E-state index is 13.0. The van der Waals surface area contributed by atoms with Gasteiger partial charge in [0, 0.05) is 31.6 Å². The number of halogens is 3. The SMILES string of the molecule is CN(Cc1ccc2c(c1)C(=O)N(C1CCC(=O)NC1=O)C2)C(CN)C(F)(F)F. The molecule has 1 saturated heterocycles. The van der Waals surface area contributed by atoms with E-state index in [2.05, 4.69) is 5.32 Å². The second-order valence-corrected chi connectivity index (χ2v) is 7.10. The van der Waals surface area contributed by atoms with Crippen molar-refractivity contribution in [1.29, 1.82) is 0 Å². The lowest BCUT2D eigenvalue weighted by atomic mass is 10.0. The van der Waals surface area contributed by atoms with E-state index in [1.165, 1.54) is 11.9 Å². The van der Waals surface area contributed by atoms with Crippen LogP contribution in [0, 0.1) is 0 Å². The molecule has 1 aromatic carbocycles. The first-order valence-corrected chi connectivity index (χ1v) is 8.85. The summed E-state index contributed by atoms with van der Waals surface area (Å²) in [5, 5.41) is 2.23. The lowest BCUT2D eigenvalue weighted by molar-refractivity contribution is -0.178. The average Bonchev–Trinajstić information content (AvgIpc) is 2.91. The molecule has 0 radical (unpaired) electrons. The Morgan fingerprint density at radius 1 is 1.32 bits per heavy atom. The molecule has 3 amide bonds. The molecule has 7 nitrogen and oxygen atoms in total. The lowest BCUT2D eigenvalue weighted by Gasteiger charge is -2.29. The number of alkyl halides is 3. The van der Waals surface area contributed by atoms with Gasteiger partial charge < -0.3 is 10.6 Å². The van der Waals surface area contributed by atoms with Crippen molar-refractivity contribution >= 4 is 17.7 Å². The topological polar surface area (TPSA) is 95.7 Å². The predicted octanol–water partition coefficient (Wildman–Crippen LogP) is 0.769. The third kappa shape index (κ3) is 3.88. The molecule has 0 spiro atoms. The van der Waals surface area contributed by atoms with Gasteiger partial charge in [-0.1, -0.05) is 12.1 Å². The summed E-state index contributed by atoms with van der Waals surface area (Å²) in [5.41, 5.74) is 6.88. The number of amides is 3. The minimum atomic E-state index is -4.45. The van der Waals surface area contributed by atoms with Gasteiger partial charge in [-0.25, -0.2) is 0 Å². The quantitative estimate of drug-likeness (QED) is 0.715. The molecule has 0 aromatic heterocycles. The van der Waals surface area contributed by atoms with Crippen LogP contribution in [0.2, 0.25) is 0 Å². The van der Waals surface area contributed by atoms with Gasteiger partial charge in [0.05, 0.1) is 0 Å². The highest BCUT2D eigenvalue weighted by atomic mass is 19.4. The summed E-state index contributed by atoms with van der Waals surface area (Å²) in [6.07, 6.45) is -4.03. The largest absolute Gasteiger partial charge is 0.405 e. The maximum Gasteiger partial charge on any atom is 0.405 e. The average molecular weight is 398 g/mol. The summed E-state index contributed by atoms with van der Waals surface area (Å²) < 4.78 is 39.1. The smallest absolute Gasteiger partial charge is 0.329 e. The van der Waals surface area contributed by atoms with Crippen LogP contribution < -0.4 is 11.1 Å². The molecule has 0 aliphatic carbocycles. The van der Waals surface area contributed by atoms with Crippen molar-refractivity contribution in [2.75, 3.05) is 13.6 Å². The number of fused-ring (bicyclic) bond motifs is 1. The molecule has 10 heteroatoms. The molecule has 1 fully saturated rings. The van der Waals surface area contributed by atoms with E-state index < -0.39 is 30.7 Å². The highest BCUT2D eigenvalue weighted by Crippen LogP contribution is 2.29. The number of benzene rings is 1. The maximum atomic E-state index is 13.0. The van der Waals surface area contributed by atoms with Gasteiger partial charge in [-0.3, -0.25) is 24.6 Å². The van der Waals surface area contributed by atoms with Crippen molar-refractivity contribution in [3.63, 3.8) is 0 Å². The van der Waals surface area contributed by atoms with Gasteiger partial charge in [0.15, 0.2) is 0 Å². The minimum Gasteiger partial charge on any atom is -0.329 e. The zero-order valence-corrected chi connectivity index (χ0v) is 15.3. The zero-order valence-electron chi connectivity index (χ0n) is 15.3. The van der Waals surface area contributed by atoms with E-state index in [-0.39, 0.29) is 37.7 Å². The number of nitrogens with two attached hydrogens (primary N) is 1. The second kappa shape index (κ2) is 7.51. The molecule has 2 aliphatic rings. The first-order valence-electron chi connectivity index (χ1n) is 8.85. The van der Waals surface area contributed by atoms with Crippen molar-refractivity contribution in [3.05, 3.63) is 34.9 Å². The number of nitrogens with one attached hydrogen (secondary N) is 1. The molecule has 152 valence electrons. The number of hydrogen-bond acceptors (Lipinski definition) is 5. The fourth-order valence-electron chi connectivity index (χ4n) is 3.66. The molecule has 2 unspecified atom stereocenters. The summed E-state index contributed by atoms with van der Waals surface area (Å²) in [4.78, 5) is 38.6. The Morgan fingerprint density at radius 2 is 2.04 bits per heavy atom. The van der Waals surface area contributed by atoms with Gasteiger partial charge in [-0.05, 0) is 30.7 Å². The fourth-order valence-corrected chi connectivity index (χ4v) is 3.66. The number of imide groups is 1. The third-order valence-corrected chi connectivity index (χ3v) is 5.16. The molecule has 2 atom stereocenters. The van der Waals surface area contributed by atoms with Gasteiger partial charge >= 0.3 is 6.18 Å². The molecular formula is C18H21F3N4O3. The number of rotatable bonds is 5. The molecule has 3 N–H and O–H groups in total. The highest BCUT2D eigenvalue weighted by Gasteiger charge is 2.42. The van der Waals surface area contributed by atoms with Crippen molar-refractivity contribution in [2.24, 2.45) is 5.73 Å². The van der Waals surface area contributed by atoms with Crippen LogP contribution >= 0.6 is 0 Å². The summed E-state index contributed by atoms with van der Waals surface area (Å²) in [6, 6.07) is 2.41. The van der Waals surface area contributed by atoms with Crippen LogP contribution in [0.5, 0.6) is 0 Å².